The lowest BCUT2D eigenvalue weighted by Crippen LogP contribution is -2.42. The molecule has 2 N–H and O–H groups in total. The van der Waals surface area contributed by atoms with E-state index in [9.17, 15) is 5.11 Å². The Bertz CT molecular complexity index is 360. The highest BCUT2D eigenvalue weighted by atomic mass is 79.9. The molecule has 0 aromatic carbocycles. The number of aliphatic hydroxyl groups is 1. The molecule has 0 radical (unpaired) electrons. The summed E-state index contributed by atoms with van der Waals surface area (Å²) in [5, 5.41) is 16.0. The average Bonchev–Trinajstić information content (AvgIpc) is 2.74. The SMILES string of the molecule is CC(NCC1(O)CCCCC1)c1sccc1Br. The maximum Gasteiger partial charge on any atom is 0.0771 e. The predicted molar refractivity (Wildman–Crippen MR) is 76.5 cm³/mol. The molecule has 0 amide bonds. The molecule has 0 saturated heterocycles. The Morgan fingerprint density at radius 2 is 2.18 bits per heavy atom. The van der Waals surface area contributed by atoms with E-state index in [0.29, 0.717) is 12.6 Å². The highest BCUT2D eigenvalue weighted by Gasteiger charge is 2.29. The number of halogens is 1. The van der Waals surface area contributed by atoms with Crippen LogP contribution in [0.1, 0.15) is 49.9 Å². The van der Waals surface area contributed by atoms with Crippen molar-refractivity contribution in [2.45, 2.75) is 50.7 Å². The van der Waals surface area contributed by atoms with Gasteiger partial charge in [0.2, 0.25) is 0 Å². The Morgan fingerprint density at radius 3 is 2.76 bits per heavy atom. The maximum atomic E-state index is 10.4. The molecule has 1 unspecified atom stereocenters. The quantitative estimate of drug-likeness (QED) is 0.883. The van der Waals surface area contributed by atoms with Crippen molar-refractivity contribution in [3.63, 3.8) is 0 Å². The molecule has 1 fully saturated rings. The molecule has 1 aromatic rings. The zero-order valence-corrected chi connectivity index (χ0v) is 12.6. The first-order chi connectivity index (χ1) is 8.11. The number of hydrogen-bond acceptors (Lipinski definition) is 3. The molecule has 4 heteroatoms. The van der Waals surface area contributed by atoms with Gasteiger partial charge in [-0.1, -0.05) is 19.3 Å². The van der Waals surface area contributed by atoms with Gasteiger partial charge in [0.25, 0.3) is 0 Å². The second-order valence-corrected chi connectivity index (χ2v) is 6.82. The molecule has 1 heterocycles. The van der Waals surface area contributed by atoms with Gasteiger partial charge in [-0.15, -0.1) is 11.3 Å². The largest absolute Gasteiger partial charge is 0.389 e. The van der Waals surface area contributed by atoms with Gasteiger partial charge in [0.15, 0.2) is 0 Å². The van der Waals surface area contributed by atoms with Gasteiger partial charge < -0.3 is 10.4 Å². The summed E-state index contributed by atoms with van der Waals surface area (Å²) in [7, 11) is 0. The molecule has 0 bridgehead atoms. The molecule has 1 atom stereocenters. The molecule has 2 nitrogen and oxygen atoms in total. The molecule has 1 aliphatic rings. The van der Waals surface area contributed by atoms with E-state index in [1.165, 1.54) is 11.3 Å². The molecule has 1 aromatic heterocycles. The minimum Gasteiger partial charge on any atom is -0.389 e. The van der Waals surface area contributed by atoms with Crippen LogP contribution in [0.3, 0.4) is 0 Å². The summed E-state index contributed by atoms with van der Waals surface area (Å²) < 4.78 is 1.16. The average molecular weight is 318 g/mol. The predicted octanol–water partition coefficient (Wildman–Crippen LogP) is 3.86. The van der Waals surface area contributed by atoms with Crippen LogP contribution in [0.25, 0.3) is 0 Å². The van der Waals surface area contributed by atoms with Gasteiger partial charge in [0.05, 0.1) is 5.60 Å². The van der Waals surface area contributed by atoms with Crippen LogP contribution in [0, 0.1) is 0 Å². The first-order valence-corrected chi connectivity index (χ1v) is 7.97. The third kappa shape index (κ3) is 3.53. The van der Waals surface area contributed by atoms with Gasteiger partial charge in [-0.05, 0) is 47.1 Å². The molecule has 0 spiro atoms. The van der Waals surface area contributed by atoms with E-state index < -0.39 is 5.60 Å². The lowest BCUT2D eigenvalue weighted by atomic mass is 9.85. The van der Waals surface area contributed by atoms with Crippen molar-refractivity contribution in [1.82, 2.24) is 5.32 Å². The van der Waals surface area contributed by atoms with Crippen molar-refractivity contribution in [1.29, 1.82) is 0 Å². The zero-order chi connectivity index (χ0) is 12.3. The van der Waals surface area contributed by atoms with Gasteiger partial charge in [-0.2, -0.15) is 0 Å². The van der Waals surface area contributed by atoms with Crippen LogP contribution in [-0.4, -0.2) is 17.3 Å². The van der Waals surface area contributed by atoms with Gasteiger partial charge in [-0.25, -0.2) is 0 Å². The summed E-state index contributed by atoms with van der Waals surface area (Å²) >= 11 is 5.31. The lowest BCUT2D eigenvalue weighted by Gasteiger charge is -2.33. The summed E-state index contributed by atoms with van der Waals surface area (Å²) in [6, 6.07) is 2.38. The van der Waals surface area contributed by atoms with Crippen LogP contribution in [0.15, 0.2) is 15.9 Å². The van der Waals surface area contributed by atoms with Crippen molar-refractivity contribution < 1.29 is 5.11 Å². The normalized spacial score (nSPS) is 21.4. The minimum atomic E-state index is -0.476. The Kier molecular flexibility index (Phi) is 4.64. The van der Waals surface area contributed by atoms with E-state index in [0.717, 1.165) is 30.2 Å². The van der Waals surface area contributed by atoms with Crippen LogP contribution >= 0.6 is 27.3 Å². The minimum absolute atomic E-state index is 0.301. The number of thiophene rings is 1. The monoisotopic (exact) mass is 317 g/mol. The Morgan fingerprint density at radius 1 is 1.47 bits per heavy atom. The van der Waals surface area contributed by atoms with Crippen molar-refractivity contribution in [2.24, 2.45) is 0 Å². The summed E-state index contributed by atoms with van der Waals surface area (Å²) in [6.07, 6.45) is 5.48. The third-order valence-corrected chi connectivity index (χ3v) is 5.61. The van der Waals surface area contributed by atoms with E-state index in [4.69, 9.17) is 0 Å². The number of hydrogen-bond donors (Lipinski definition) is 2. The summed E-state index contributed by atoms with van der Waals surface area (Å²) in [6.45, 7) is 2.86. The number of nitrogens with one attached hydrogen (secondary N) is 1. The van der Waals surface area contributed by atoms with Gasteiger partial charge in [0, 0.05) is 21.9 Å². The van der Waals surface area contributed by atoms with E-state index in [2.05, 4.69) is 39.6 Å². The molecular formula is C13H20BrNOS. The molecule has 1 saturated carbocycles. The van der Waals surface area contributed by atoms with Gasteiger partial charge in [0.1, 0.15) is 0 Å². The van der Waals surface area contributed by atoms with Crippen LogP contribution in [0.5, 0.6) is 0 Å². The highest BCUT2D eigenvalue weighted by molar-refractivity contribution is 9.10. The topological polar surface area (TPSA) is 32.3 Å². The Balaban J connectivity index is 1.87. The maximum absolute atomic E-state index is 10.4. The van der Waals surface area contributed by atoms with Crippen molar-refractivity contribution in [2.75, 3.05) is 6.54 Å². The zero-order valence-electron chi connectivity index (χ0n) is 10.2. The molecule has 1 aliphatic carbocycles. The Hall–Kier alpha value is 0.100. The summed E-state index contributed by atoms with van der Waals surface area (Å²) in [5.74, 6) is 0. The van der Waals surface area contributed by atoms with Crippen LogP contribution in [-0.2, 0) is 0 Å². The second kappa shape index (κ2) is 5.83. The fraction of sp³-hybridized carbons (Fsp3) is 0.692. The van der Waals surface area contributed by atoms with Crippen molar-refractivity contribution in [3.05, 3.63) is 20.8 Å². The van der Waals surface area contributed by atoms with Crippen molar-refractivity contribution >= 4 is 27.3 Å². The summed E-state index contributed by atoms with van der Waals surface area (Å²) in [4.78, 5) is 1.31. The van der Waals surface area contributed by atoms with Gasteiger partial charge >= 0.3 is 0 Å². The smallest absolute Gasteiger partial charge is 0.0771 e. The van der Waals surface area contributed by atoms with Gasteiger partial charge in [-0.3, -0.25) is 0 Å². The van der Waals surface area contributed by atoms with E-state index in [-0.39, 0.29) is 0 Å². The van der Waals surface area contributed by atoms with Crippen LogP contribution < -0.4 is 5.32 Å². The molecule has 17 heavy (non-hydrogen) atoms. The fourth-order valence-corrected chi connectivity index (χ4v) is 4.19. The second-order valence-electron chi connectivity index (χ2n) is 5.02. The molecule has 96 valence electrons. The number of rotatable bonds is 4. The Labute approximate surface area is 116 Å². The standard InChI is InChI=1S/C13H20BrNOS/c1-10(12-11(14)5-8-17-12)15-9-13(16)6-3-2-4-7-13/h5,8,10,15-16H,2-4,6-7,9H2,1H3. The van der Waals surface area contributed by atoms with Crippen LogP contribution in [0.4, 0.5) is 0 Å². The highest BCUT2D eigenvalue weighted by Crippen LogP contribution is 2.31. The van der Waals surface area contributed by atoms with E-state index in [1.807, 2.05) is 0 Å². The van der Waals surface area contributed by atoms with Crippen molar-refractivity contribution in [3.8, 4) is 0 Å². The summed E-state index contributed by atoms with van der Waals surface area (Å²) in [5.41, 5.74) is -0.476. The first kappa shape index (κ1) is 13.5. The van der Waals surface area contributed by atoms with E-state index in [1.54, 1.807) is 11.3 Å². The first-order valence-electron chi connectivity index (χ1n) is 6.29. The third-order valence-electron chi connectivity index (χ3n) is 3.56. The molecule has 2 rings (SSSR count). The molecular weight excluding hydrogens is 298 g/mol. The van der Waals surface area contributed by atoms with Crippen LogP contribution in [0.2, 0.25) is 0 Å². The fourth-order valence-electron chi connectivity index (χ4n) is 2.44. The van der Waals surface area contributed by atoms with E-state index >= 15 is 0 Å². The molecule has 0 aliphatic heterocycles. The lowest BCUT2D eigenvalue weighted by molar-refractivity contribution is 0.00306.